The highest BCUT2D eigenvalue weighted by atomic mass is 35.5. The van der Waals surface area contributed by atoms with Crippen molar-refractivity contribution in [2.24, 2.45) is 0 Å². The maximum absolute atomic E-state index is 11.3. The van der Waals surface area contributed by atoms with Gasteiger partial charge in [0.2, 0.25) is 0 Å². The molecule has 0 aliphatic heterocycles. The molecule has 0 N–H and O–H groups in total. The van der Waals surface area contributed by atoms with Gasteiger partial charge >= 0.3 is 5.97 Å². The van der Waals surface area contributed by atoms with E-state index in [9.17, 15) is 4.79 Å². The summed E-state index contributed by atoms with van der Waals surface area (Å²) in [6.07, 6.45) is 0. The molecule has 16 heavy (non-hydrogen) atoms. The lowest BCUT2D eigenvalue weighted by Crippen LogP contribution is -2.06. The predicted molar refractivity (Wildman–Crippen MR) is 60.2 cm³/mol. The number of carbonyl (C=O) groups excluding carboxylic acids is 1. The molecule has 0 saturated carbocycles. The van der Waals surface area contributed by atoms with Gasteiger partial charge in [-0.3, -0.25) is 0 Å². The minimum absolute atomic E-state index is 0.363. The third kappa shape index (κ3) is 3.72. The van der Waals surface area contributed by atoms with Gasteiger partial charge in [-0.2, -0.15) is 0 Å². The number of hydrogen-bond donors (Lipinski definition) is 0. The molecule has 0 aliphatic rings. The van der Waals surface area contributed by atoms with Gasteiger partial charge in [0.15, 0.2) is 0 Å². The molecule has 0 atom stereocenters. The van der Waals surface area contributed by atoms with Gasteiger partial charge in [0, 0.05) is 12.1 Å². The second kappa shape index (κ2) is 6.35. The summed E-state index contributed by atoms with van der Waals surface area (Å²) in [5.74, 6) is 0.0732. The van der Waals surface area contributed by atoms with E-state index in [4.69, 9.17) is 21.1 Å². The Balaban J connectivity index is 2.77. The lowest BCUT2D eigenvalue weighted by atomic mass is 10.2. The van der Waals surface area contributed by atoms with Crippen LogP contribution in [0.1, 0.15) is 10.4 Å². The smallest absolute Gasteiger partial charge is 0.338 e. The Kier molecular flexibility index (Phi) is 5.08. The Bertz CT molecular complexity index is 365. The van der Waals surface area contributed by atoms with Gasteiger partial charge in [-0.25, -0.2) is 4.79 Å². The topological polar surface area (TPSA) is 44.8 Å². The second-order valence-corrected chi connectivity index (χ2v) is 3.44. The first kappa shape index (κ1) is 12.8. The Labute approximate surface area is 99.1 Å². The molecule has 0 bridgehead atoms. The lowest BCUT2D eigenvalue weighted by molar-refractivity contribution is 0.0600. The van der Waals surface area contributed by atoms with Crippen molar-refractivity contribution < 1.29 is 19.0 Å². The van der Waals surface area contributed by atoms with E-state index in [1.165, 1.54) is 13.2 Å². The zero-order valence-electron chi connectivity index (χ0n) is 9.16. The second-order valence-electron chi connectivity index (χ2n) is 3.01. The summed E-state index contributed by atoms with van der Waals surface area (Å²) >= 11 is 5.84. The van der Waals surface area contributed by atoms with E-state index in [-0.39, 0.29) is 0 Å². The number of ether oxygens (including phenoxy) is 3. The number of benzene rings is 1. The van der Waals surface area contributed by atoms with Crippen LogP contribution in [0.5, 0.6) is 5.75 Å². The van der Waals surface area contributed by atoms with E-state index >= 15 is 0 Å². The van der Waals surface area contributed by atoms with Crippen LogP contribution in [0.15, 0.2) is 18.2 Å². The molecular formula is C11H13ClO4. The van der Waals surface area contributed by atoms with Crippen molar-refractivity contribution in [1.29, 1.82) is 0 Å². The van der Waals surface area contributed by atoms with Crippen LogP contribution in [0.4, 0.5) is 0 Å². The molecule has 0 radical (unpaired) electrons. The van der Waals surface area contributed by atoms with Gasteiger partial charge in [0.25, 0.3) is 0 Å². The van der Waals surface area contributed by atoms with Crippen LogP contribution < -0.4 is 4.74 Å². The van der Waals surface area contributed by atoms with Crippen LogP contribution in [0.3, 0.4) is 0 Å². The van der Waals surface area contributed by atoms with E-state index in [1.54, 1.807) is 19.2 Å². The van der Waals surface area contributed by atoms with E-state index in [1.807, 2.05) is 0 Å². The fraction of sp³-hybridized carbons (Fsp3) is 0.364. The van der Waals surface area contributed by atoms with Gasteiger partial charge in [0.05, 0.1) is 19.3 Å². The van der Waals surface area contributed by atoms with Gasteiger partial charge in [-0.05, 0) is 18.2 Å². The number of carbonyl (C=O) groups is 1. The van der Waals surface area contributed by atoms with Gasteiger partial charge in [-0.1, -0.05) is 11.6 Å². The maximum Gasteiger partial charge on any atom is 0.338 e. The zero-order valence-corrected chi connectivity index (χ0v) is 9.91. The molecular weight excluding hydrogens is 232 g/mol. The molecule has 0 aromatic heterocycles. The number of esters is 1. The molecule has 0 spiro atoms. The quantitative estimate of drug-likeness (QED) is 0.588. The van der Waals surface area contributed by atoms with Crippen molar-refractivity contribution in [3.63, 3.8) is 0 Å². The fourth-order valence-corrected chi connectivity index (χ4v) is 1.35. The number of halogens is 1. The minimum atomic E-state index is -0.445. The first-order chi connectivity index (χ1) is 7.67. The molecule has 0 fully saturated rings. The molecule has 5 heteroatoms. The van der Waals surface area contributed by atoms with Crippen molar-refractivity contribution >= 4 is 17.6 Å². The highest BCUT2D eigenvalue weighted by Crippen LogP contribution is 2.21. The fourth-order valence-electron chi connectivity index (χ4n) is 1.12. The summed E-state index contributed by atoms with van der Waals surface area (Å²) in [6.45, 7) is 0.873. The SMILES string of the molecule is COCCOc1cc(Cl)cc(C(=O)OC)c1. The van der Waals surface area contributed by atoms with Crippen LogP contribution in [0, 0.1) is 0 Å². The summed E-state index contributed by atoms with van der Waals surface area (Å²) in [6, 6.07) is 4.73. The summed E-state index contributed by atoms with van der Waals surface area (Å²) < 4.78 is 14.8. The largest absolute Gasteiger partial charge is 0.491 e. The van der Waals surface area contributed by atoms with Crippen molar-refractivity contribution in [2.75, 3.05) is 27.4 Å². The van der Waals surface area contributed by atoms with E-state index < -0.39 is 5.97 Å². The van der Waals surface area contributed by atoms with Crippen molar-refractivity contribution in [3.05, 3.63) is 28.8 Å². The Morgan fingerprint density at radius 3 is 2.62 bits per heavy atom. The monoisotopic (exact) mass is 244 g/mol. The molecule has 0 amide bonds. The van der Waals surface area contributed by atoms with Crippen LogP contribution >= 0.6 is 11.6 Å². The zero-order chi connectivity index (χ0) is 12.0. The van der Waals surface area contributed by atoms with Crippen LogP contribution in [-0.4, -0.2) is 33.4 Å². The molecule has 1 aromatic rings. The Hall–Kier alpha value is -1.26. The van der Waals surface area contributed by atoms with E-state index in [2.05, 4.69) is 4.74 Å². The molecule has 0 aliphatic carbocycles. The summed E-state index contributed by atoms with van der Waals surface area (Å²) in [5.41, 5.74) is 0.363. The molecule has 0 saturated heterocycles. The molecule has 88 valence electrons. The number of hydrogen-bond acceptors (Lipinski definition) is 4. The van der Waals surface area contributed by atoms with E-state index in [0.29, 0.717) is 29.5 Å². The van der Waals surface area contributed by atoms with Crippen molar-refractivity contribution in [3.8, 4) is 5.75 Å². The third-order valence-electron chi connectivity index (χ3n) is 1.85. The lowest BCUT2D eigenvalue weighted by Gasteiger charge is -2.07. The molecule has 4 nitrogen and oxygen atoms in total. The van der Waals surface area contributed by atoms with Crippen molar-refractivity contribution in [2.45, 2.75) is 0 Å². The Morgan fingerprint density at radius 2 is 2.00 bits per heavy atom. The standard InChI is InChI=1S/C11H13ClO4/c1-14-3-4-16-10-6-8(11(13)15-2)5-9(12)7-10/h5-7H,3-4H2,1-2H3. The van der Waals surface area contributed by atoms with Crippen LogP contribution in [0.25, 0.3) is 0 Å². The van der Waals surface area contributed by atoms with Gasteiger partial charge in [-0.15, -0.1) is 0 Å². The molecule has 0 unspecified atom stereocenters. The van der Waals surface area contributed by atoms with Gasteiger partial charge < -0.3 is 14.2 Å². The molecule has 0 heterocycles. The number of methoxy groups -OCH3 is 2. The number of rotatable bonds is 5. The summed E-state index contributed by atoms with van der Waals surface area (Å²) in [7, 11) is 2.90. The predicted octanol–water partition coefficient (Wildman–Crippen LogP) is 2.15. The van der Waals surface area contributed by atoms with E-state index in [0.717, 1.165) is 0 Å². The van der Waals surface area contributed by atoms with Crippen molar-refractivity contribution in [1.82, 2.24) is 0 Å². The maximum atomic E-state index is 11.3. The Morgan fingerprint density at radius 1 is 1.25 bits per heavy atom. The normalized spacial score (nSPS) is 9.94. The highest BCUT2D eigenvalue weighted by molar-refractivity contribution is 6.31. The first-order valence-corrected chi connectivity index (χ1v) is 5.06. The first-order valence-electron chi connectivity index (χ1n) is 4.68. The average molecular weight is 245 g/mol. The average Bonchev–Trinajstić information content (AvgIpc) is 2.27. The van der Waals surface area contributed by atoms with Crippen LogP contribution in [-0.2, 0) is 9.47 Å². The summed E-state index contributed by atoms with van der Waals surface area (Å²) in [5, 5.41) is 0.426. The summed E-state index contributed by atoms with van der Waals surface area (Å²) in [4.78, 5) is 11.3. The van der Waals surface area contributed by atoms with Gasteiger partial charge in [0.1, 0.15) is 12.4 Å². The minimum Gasteiger partial charge on any atom is -0.491 e. The van der Waals surface area contributed by atoms with Crippen LogP contribution in [0.2, 0.25) is 5.02 Å². The highest BCUT2D eigenvalue weighted by Gasteiger charge is 2.08. The third-order valence-corrected chi connectivity index (χ3v) is 2.07. The molecule has 1 aromatic carbocycles. The molecule has 1 rings (SSSR count).